The van der Waals surface area contributed by atoms with Crippen molar-refractivity contribution in [3.05, 3.63) is 27.4 Å². The third-order valence-electron chi connectivity index (χ3n) is 1.89. The van der Waals surface area contributed by atoms with Gasteiger partial charge in [-0.2, -0.15) is 13.2 Å². The Hall–Kier alpha value is -2.00. The molecule has 100 valence electrons. The number of methoxy groups -OCH3 is 1. The molecule has 1 rings (SSSR count). The quantitative estimate of drug-likeness (QED) is 0.482. The first kappa shape index (κ1) is 14.1. The van der Waals surface area contributed by atoms with Crippen molar-refractivity contribution in [2.24, 2.45) is 0 Å². The van der Waals surface area contributed by atoms with Gasteiger partial charge in [0.25, 0.3) is 6.43 Å². The lowest BCUT2D eigenvalue weighted by molar-refractivity contribution is -0.388. The number of aromatic nitrogens is 1. The Kier molecular flexibility index (Phi) is 3.67. The molecule has 0 amide bonds. The van der Waals surface area contributed by atoms with Gasteiger partial charge in [0.1, 0.15) is 0 Å². The van der Waals surface area contributed by atoms with Crippen LogP contribution in [0.2, 0.25) is 0 Å². The number of rotatable bonds is 3. The van der Waals surface area contributed by atoms with Gasteiger partial charge in [0, 0.05) is 6.07 Å². The molecule has 0 spiro atoms. The molecular formula is C8H5F5N2O3. The third-order valence-corrected chi connectivity index (χ3v) is 1.89. The van der Waals surface area contributed by atoms with Crippen LogP contribution >= 0.6 is 0 Å². The number of hydrogen-bond donors (Lipinski definition) is 0. The number of pyridine rings is 1. The highest BCUT2D eigenvalue weighted by atomic mass is 19.4. The van der Waals surface area contributed by atoms with E-state index in [9.17, 15) is 32.1 Å². The molecule has 18 heavy (non-hydrogen) atoms. The summed E-state index contributed by atoms with van der Waals surface area (Å²) in [5.41, 5.74) is -4.50. The summed E-state index contributed by atoms with van der Waals surface area (Å²) < 4.78 is 66.5. The number of nitro groups is 1. The molecule has 0 saturated heterocycles. The summed E-state index contributed by atoms with van der Waals surface area (Å²) in [7, 11) is 0.834. The zero-order valence-corrected chi connectivity index (χ0v) is 8.66. The van der Waals surface area contributed by atoms with Crippen molar-refractivity contribution < 1.29 is 31.6 Å². The summed E-state index contributed by atoms with van der Waals surface area (Å²) in [6.45, 7) is 0. The third kappa shape index (κ3) is 2.63. The first-order chi connectivity index (χ1) is 8.18. The van der Waals surface area contributed by atoms with Gasteiger partial charge in [-0.25, -0.2) is 13.8 Å². The van der Waals surface area contributed by atoms with Gasteiger partial charge >= 0.3 is 11.9 Å². The maximum atomic E-state index is 12.5. The highest BCUT2D eigenvalue weighted by Crippen LogP contribution is 2.39. The average Bonchev–Trinajstić information content (AvgIpc) is 2.25. The summed E-state index contributed by atoms with van der Waals surface area (Å²) in [4.78, 5) is 11.7. The second-order valence-electron chi connectivity index (χ2n) is 3.01. The van der Waals surface area contributed by atoms with Crippen molar-refractivity contribution in [1.29, 1.82) is 0 Å². The van der Waals surface area contributed by atoms with E-state index in [-0.39, 0.29) is 6.07 Å². The number of alkyl halides is 5. The Balaban J connectivity index is 3.58. The number of halogens is 5. The van der Waals surface area contributed by atoms with E-state index >= 15 is 0 Å². The fourth-order valence-corrected chi connectivity index (χ4v) is 1.17. The van der Waals surface area contributed by atoms with Gasteiger partial charge in [0.2, 0.25) is 11.6 Å². The van der Waals surface area contributed by atoms with Crippen LogP contribution in [-0.2, 0) is 6.18 Å². The van der Waals surface area contributed by atoms with Crippen molar-refractivity contribution in [2.45, 2.75) is 12.6 Å². The van der Waals surface area contributed by atoms with Crippen LogP contribution in [-0.4, -0.2) is 17.0 Å². The Morgan fingerprint density at radius 3 is 2.33 bits per heavy atom. The minimum atomic E-state index is -5.14. The molecule has 1 heterocycles. The van der Waals surface area contributed by atoms with E-state index in [1.807, 2.05) is 0 Å². The molecule has 0 saturated carbocycles. The van der Waals surface area contributed by atoms with Gasteiger partial charge in [0.15, 0.2) is 0 Å². The monoisotopic (exact) mass is 272 g/mol. The molecule has 0 unspecified atom stereocenters. The van der Waals surface area contributed by atoms with E-state index in [4.69, 9.17) is 0 Å². The number of ether oxygens (including phenoxy) is 1. The fourth-order valence-electron chi connectivity index (χ4n) is 1.17. The molecule has 0 fully saturated rings. The van der Waals surface area contributed by atoms with Crippen molar-refractivity contribution in [3.8, 4) is 5.88 Å². The maximum Gasteiger partial charge on any atom is 0.440 e. The number of hydrogen-bond acceptors (Lipinski definition) is 4. The standard InChI is InChI=1S/C8H5F5N2O3/c1-18-7-3(6(9)10)2-4(15(16)17)5(14-7)8(11,12)13/h2,6H,1H3. The minimum absolute atomic E-state index is 0.110. The molecular weight excluding hydrogens is 267 g/mol. The second-order valence-corrected chi connectivity index (χ2v) is 3.01. The van der Waals surface area contributed by atoms with Gasteiger partial charge in [-0.3, -0.25) is 10.1 Å². The zero-order valence-electron chi connectivity index (χ0n) is 8.66. The molecule has 0 N–H and O–H groups in total. The van der Waals surface area contributed by atoms with Gasteiger partial charge in [-0.15, -0.1) is 0 Å². The van der Waals surface area contributed by atoms with Crippen LogP contribution < -0.4 is 4.74 Å². The summed E-state index contributed by atoms with van der Waals surface area (Å²) in [6, 6.07) is 0.110. The van der Waals surface area contributed by atoms with E-state index in [0.29, 0.717) is 0 Å². The van der Waals surface area contributed by atoms with Gasteiger partial charge in [0.05, 0.1) is 17.6 Å². The maximum absolute atomic E-state index is 12.5. The lowest BCUT2D eigenvalue weighted by Crippen LogP contribution is -2.13. The Labute approximate surface area is 96.3 Å². The molecule has 0 aromatic carbocycles. The van der Waals surface area contributed by atoms with E-state index in [2.05, 4.69) is 9.72 Å². The first-order valence-electron chi connectivity index (χ1n) is 4.27. The summed E-state index contributed by atoms with van der Waals surface area (Å²) in [5, 5.41) is 10.4. The Bertz CT molecular complexity index is 475. The topological polar surface area (TPSA) is 65.3 Å². The predicted octanol–water partition coefficient (Wildman–Crippen LogP) is 2.95. The normalized spacial score (nSPS) is 11.7. The largest absolute Gasteiger partial charge is 0.481 e. The molecule has 5 nitrogen and oxygen atoms in total. The van der Waals surface area contributed by atoms with Gasteiger partial charge in [-0.1, -0.05) is 0 Å². The van der Waals surface area contributed by atoms with Crippen molar-refractivity contribution in [3.63, 3.8) is 0 Å². The average molecular weight is 272 g/mol. The molecule has 0 aliphatic heterocycles. The predicted molar refractivity (Wildman–Crippen MR) is 47.4 cm³/mol. The van der Waals surface area contributed by atoms with Crippen LogP contribution in [0, 0.1) is 10.1 Å². The molecule has 0 atom stereocenters. The molecule has 1 aromatic heterocycles. The minimum Gasteiger partial charge on any atom is -0.481 e. The van der Waals surface area contributed by atoms with Crippen LogP contribution in [0.15, 0.2) is 6.07 Å². The Morgan fingerprint density at radius 2 is 2.00 bits per heavy atom. The van der Waals surface area contributed by atoms with E-state index in [1.165, 1.54) is 0 Å². The zero-order chi connectivity index (χ0) is 14.1. The lowest BCUT2D eigenvalue weighted by atomic mass is 10.2. The Morgan fingerprint density at radius 1 is 1.44 bits per heavy atom. The highest BCUT2D eigenvalue weighted by molar-refractivity contribution is 5.45. The van der Waals surface area contributed by atoms with Crippen LogP contribution in [0.25, 0.3) is 0 Å². The number of nitrogens with zero attached hydrogens (tertiary/aromatic N) is 2. The highest BCUT2D eigenvalue weighted by Gasteiger charge is 2.42. The molecule has 10 heteroatoms. The molecule has 0 aliphatic rings. The molecule has 1 aromatic rings. The van der Waals surface area contributed by atoms with Crippen molar-refractivity contribution in [2.75, 3.05) is 7.11 Å². The van der Waals surface area contributed by atoms with E-state index in [1.54, 1.807) is 0 Å². The molecule has 0 radical (unpaired) electrons. The fraction of sp³-hybridized carbons (Fsp3) is 0.375. The summed E-state index contributed by atoms with van der Waals surface area (Å²) >= 11 is 0. The van der Waals surface area contributed by atoms with Gasteiger partial charge in [-0.05, 0) is 0 Å². The van der Waals surface area contributed by atoms with E-state index in [0.717, 1.165) is 7.11 Å². The van der Waals surface area contributed by atoms with E-state index < -0.39 is 40.3 Å². The molecule has 0 bridgehead atoms. The summed E-state index contributed by atoms with van der Waals surface area (Å²) in [6.07, 6.45) is -8.38. The van der Waals surface area contributed by atoms with Crippen LogP contribution in [0.3, 0.4) is 0 Å². The van der Waals surface area contributed by atoms with Crippen molar-refractivity contribution >= 4 is 5.69 Å². The molecule has 0 aliphatic carbocycles. The van der Waals surface area contributed by atoms with Crippen molar-refractivity contribution in [1.82, 2.24) is 4.98 Å². The summed E-state index contributed by atoms with van der Waals surface area (Å²) in [5.74, 6) is -0.997. The van der Waals surface area contributed by atoms with Gasteiger partial charge < -0.3 is 4.74 Å². The lowest BCUT2D eigenvalue weighted by Gasteiger charge is -2.11. The smallest absolute Gasteiger partial charge is 0.440 e. The van der Waals surface area contributed by atoms with Crippen LogP contribution in [0.1, 0.15) is 17.7 Å². The second kappa shape index (κ2) is 4.70. The van der Waals surface area contributed by atoms with Crippen LogP contribution in [0.5, 0.6) is 5.88 Å². The van der Waals surface area contributed by atoms with Crippen LogP contribution in [0.4, 0.5) is 27.6 Å². The SMILES string of the molecule is COc1nc(C(F)(F)F)c([N+](=O)[O-])cc1C(F)F. The first-order valence-corrected chi connectivity index (χ1v) is 4.27.